The van der Waals surface area contributed by atoms with Crippen molar-refractivity contribution in [3.63, 3.8) is 0 Å². The van der Waals surface area contributed by atoms with Crippen LogP contribution < -0.4 is 5.73 Å². The number of rotatable bonds is 1. The molecule has 2 aliphatic rings. The third-order valence-electron chi connectivity index (χ3n) is 3.22. The van der Waals surface area contributed by atoms with Crippen molar-refractivity contribution in [1.29, 1.82) is 0 Å². The summed E-state index contributed by atoms with van der Waals surface area (Å²) >= 11 is 0. The van der Waals surface area contributed by atoms with E-state index in [-0.39, 0.29) is 18.3 Å². The first-order valence-electron chi connectivity index (χ1n) is 4.17. The summed E-state index contributed by atoms with van der Waals surface area (Å²) in [4.78, 5) is 10.6. The normalized spacial score (nSPS) is 44.1. The van der Waals surface area contributed by atoms with Crippen LogP contribution in [0.3, 0.4) is 0 Å². The summed E-state index contributed by atoms with van der Waals surface area (Å²) in [6.07, 6.45) is 2.74. The SMILES string of the molecule is Cl.NC1CC2CC(C(=O)O)CC12. The van der Waals surface area contributed by atoms with Crippen molar-refractivity contribution in [1.82, 2.24) is 0 Å². The van der Waals surface area contributed by atoms with Gasteiger partial charge in [0.1, 0.15) is 0 Å². The first-order valence-corrected chi connectivity index (χ1v) is 4.17. The van der Waals surface area contributed by atoms with Crippen LogP contribution in [0.15, 0.2) is 0 Å². The van der Waals surface area contributed by atoms with Gasteiger partial charge in [0, 0.05) is 6.04 Å². The molecular formula is C8H14ClNO2. The summed E-state index contributed by atoms with van der Waals surface area (Å²) in [5, 5.41) is 8.72. The van der Waals surface area contributed by atoms with Crippen molar-refractivity contribution in [3.8, 4) is 0 Å². The monoisotopic (exact) mass is 191 g/mol. The summed E-state index contributed by atoms with van der Waals surface area (Å²) in [5.41, 5.74) is 5.73. The van der Waals surface area contributed by atoms with Crippen LogP contribution in [-0.2, 0) is 4.79 Å². The second kappa shape index (κ2) is 3.23. The lowest BCUT2D eigenvalue weighted by atomic mass is 9.72. The molecule has 2 saturated carbocycles. The summed E-state index contributed by atoms with van der Waals surface area (Å²) < 4.78 is 0. The lowest BCUT2D eigenvalue weighted by Crippen LogP contribution is -2.44. The van der Waals surface area contributed by atoms with Gasteiger partial charge in [-0.2, -0.15) is 0 Å². The number of carboxylic acids is 1. The molecule has 0 amide bonds. The zero-order valence-electron chi connectivity index (χ0n) is 6.77. The van der Waals surface area contributed by atoms with Gasteiger partial charge in [-0.1, -0.05) is 0 Å². The van der Waals surface area contributed by atoms with E-state index in [4.69, 9.17) is 10.8 Å². The predicted molar refractivity (Wildman–Crippen MR) is 47.2 cm³/mol. The Bertz CT molecular complexity index is 197. The van der Waals surface area contributed by atoms with Crippen LogP contribution in [0, 0.1) is 17.8 Å². The van der Waals surface area contributed by atoms with Gasteiger partial charge in [-0.05, 0) is 31.1 Å². The molecule has 3 N–H and O–H groups in total. The molecule has 0 radical (unpaired) electrons. The molecule has 0 bridgehead atoms. The van der Waals surface area contributed by atoms with Gasteiger partial charge in [0.25, 0.3) is 0 Å². The predicted octanol–water partition coefficient (Wildman–Crippen LogP) is 0.866. The van der Waals surface area contributed by atoms with Crippen molar-refractivity contribution in [2.45, 2.75) is 25.3 Å². The largest absolute Gasteiger partial charge is 0.481 e. The van der Waals surface area contributed by atoms with Gasteiger partial charge in [-0.25, -0.2) is 0 Å². The molecule has 2 fully saturated rings. The maximum atomic E-state index is 10.6. The Balaban J connectivity index is 0.000000720. The third-order valence-corrected chi connectivity index (χ3v) is 3.22. The quantitative estimate of drug-likeness (QED) is 0.647. The van der Waals surface area contributed by atoms with E-state index in [1.54, 1.807) is 0 Å². The molecule has 0 aromatic carbocycles. The fourth-order valence-corrected chi connectivity index (χ4v) is 2.48. The summed E-state index contributed by atoms with van der Waals surface area (Å²) in [6, 6.07) is 0.296. The summed E-state index contributed by atoms with van der Waals surface area (Å²) in [6.45, 7) is 0. The second-order valence-corrected chi connectivity index (χ2v) is 3.83. The summed E-state index contributed by atoms with van der Waals surface area (Å²) in [7, 11) is 0. The highest BCUT2D eigenvalue weighted by atomic mass is 35.5. The smallest absolute Gasteiger partial charge is 0.306 e. The molecule has 12 heavy (non-hydrogen) atoms. The highest BCUT2D eigenvalue weighted by molar-refractivity contribution is 5.85. The van der Waals surface area contributed by atoms with E-state index < -0.39 is 5.97 Å². The lowest BCUT2D eigenvalue weighted by Gasteiger charge is -2.37. The average Bonchev–Trinajstić information content (AvgIpc) is 2.26. The van der Waals surface area contributed by atoms with Gasteiger partial charge in [-0.15, -0.1) is 12.4 Å². The fourth-order valence-electron chi connectivity index (χ4n) is 2.48. The van der Waals surface area contributed by atoms with E-state index in [2.05, 4.69) is 0 Å². The highest BCUT2D eigenvalue weighted by Gasteiger charge is 2.47. The molecule has 0 spiro atoms. The Morgan fingerprint density at radius 1 is 1.33 bits per heavy atom. The molecule has 4 heteroatoms. The van der Waals surface area contributed by atoms with Gasteiger partial charge in [0.05, 0.1) is 5.92 Å². The van der Waals surface area contributed by atoms with Gasteiger partial charge in [-0.3, -0.25) is 4.79 Å². The maximum Gasteiger partial charge on any atom is 0.306 e. The molecule has 0 aromatic heterocycles. The fraction of sp³-hybridized carbons (Fsp3) is 0.875. The molecule has 2 rings (SSSR count). The van der Waals surface area contributed by atoms with Crippen molar-refractivity contribution in [3.05, 3.63) is 0 Å². The zero-order chi connectivity index (χ0) is 8.01. The molecule has 4 unspecified atom stereocenters. The second-order valence-electron chi connectivity index (χ2n) is 3.83. The van der Waals surface area contributed by atoms with Crippen LogP contribution in [-0.4, -0.2) is 17.1 Å². The molecule has 0 aliphatic heterocycles. The number of hydrogen-bond acceptors (Lipinski definition) is 2. The van der Waals surface area contributed by atoms with E-state index in [1.165, 1.54) is 0 Å². The van der Waals surface area contributed by atoms with E-state index in [0.29, 0.717) is 17.9 Å². The van der Waals surface area contributed by atoms with Crippen molar-refractivity contribution < 1.29 is 9.90 Å². The van der Waals surface area contributed by atoms with Crippen LogP contribution in [0.25, 0.3) is 0 Å². The third kappa shape index (κ3) is 1.31. The Kier molecular flexibility index (Phi) is 2.64. The standard InChI is InChI=1S/C8H13NO2.ClH/c9-7-3-4-1-5(8(10)11)2-6(4)7;/h4-7H,1-3,9H2,(H,10,11);1H. The van der Waals surface area contributed by atoms with Crippen molar-refractivity contribution in [2.75, 3.05) is 0 Å². The number of hydrogen-bond donors (Lipinski definition) is 2. The molecule has 70 valence electrons. The molecule has 3 nitrogen and oxygen atoms in total. The van der Waals surface area contributed by atoms with E-state index in [1.807, 2.05) is 0 Å². The van der Waals surface area contributed by atoms with Crippen LogP contribution in [0.4, 0.5) is 0 Å². The average molecular weight is 192 g/mol. The first kappa shape index (κ1) is 9.81. The molecule has 2 aliphatic carbocycles. The number of fused-ring (bicyclic) bond motifs is 1. The minimum absolute atomic E-state index is 0. The Labute approximate surface area is 77.7 Å². The Hall–Kier alpha value is -0.280. The van der Waals surface area contributed by atoms with Crippen molar-refractivity contribution >= 4 is 18.4 Å². The van der Waals surface area contributed by atoms with Gasteiger partial charge >= 0.3 is 5.97 Å². The summed E-state index contributed by atoms with van der Waals surface area (Å²) in [5.74, 6) is 0.423. The Morgan fingerprint density at radius 2 is 2.00 bits per heavy atom. The number of carboxylic acid groups (broad SMARTS) is 1. The van der Waals surface area contributed by atoms with Crippen molar-refractivity contribution in [2.24, 2.45) is 23.5 Å². The van der Waals surface area contributed by atoms with Gasteiger partial charge in [0.15, 0.2) is 0 Å². The minimum atomic E-state index is -0.633. The van der Waals surface area contributed by atoms with Crippen LogP contribution >= 0.6 is 12.4 Å². The van der Waals surface area contributed by atoms with E-state index >= 15 is 0 Å². The lowest BCUT2D eigenvalue weighted by molar-refractivity contribution is -0.141. The molecule has 4 atom stereocenters. The number of halogens is 1. The minimum Gasteiger partial charge on any atom is -0.481 e. The maximum absolute atomic E-state index is 10.6. The molecular weight excluding hydrogens is 178 g/mol. The topological polar surface area (TPSA) is 63.3 Å². The van der Waals surface area contributed by atoms with E-state index in [0.717, 1.165) is 19.3 Å². The van der Waals surface area contributed by atoms with Gasteiger partial charge in [0.2, 0.25) is 0 Å². The number of aliphatic carboxylic acids is 1. The molecule has 0 heterocycles. The van der Waals surface area contributed by atoms with Gasteiger partial charge < -0.3 is 10.8 Å². The first-order chi connectivity index (χ1) is 5.18. The number of carbonyl (C=O) groups is 1. The van der Waals surface area contributed by atoms with Crippen LogP contribution in [0.5, 0.6) is 0 Å². The van der Waals surface area contributed by atoms with Crippen LogP contribution in [0.1, 0.15) is 19.3 Å². The van der Waals surface area contributed by atoms with Crippen LogP contribution in [0.2, 0.25) is 0 Å². The number of nitrogens with two attached hydrogens (primary N) is 1. The molecule has 0 saturated heterocycles. The molecule has 0 aromatic rings. The zero-order valence-corrected chi connectivity index (χ0v) is 7.59. The van der Waals surface area contributed by atoms with E-state index in [9.17, 15) is 4.79 Å². The highest BCUT2D eigenvalue weighted by Crippen LogP contribution is 2.48. The Morgan fingerprint density at radius 3 is 2.42 bits per heavy atom.